The van der Waals surface area contributed by atoms with Crippen molar-refractivity contribution in [1.82, 2.24) is 5.32 Å². The van der Waals surface area contributed by atoms with Gasteiger partial charge >= 0.3 is 0 Å². The molecule has 1 atom stereocenters. The fourth-order valence-corrected chi connectivity index (χ4v) is 3.01. The lowest BCUT2D eigenvalue weighted by Gasteiger charge is -2.22. The fraction of sp³-hybridized carbons (Fsp3) is 0.125. The maximum absolute atomic E-state index is 5.45. The molecule has 0 spiro atoms. The summed E-state index contributed by atoms with van der Waals surface area (Å²) >= 11 is 7.75. The smallest absolute Gasteiger partial charge is 0.154 e. The number of rotatable bonds is 2. The first kappa shape index (κ1) is 13.7. The minimum Gasteiger partial charge on any atom is -0.347 e. The Morgan fingerprint density at radius 1 is 1.05 bits per heavy atom. The summed E-state index contributed by atoms with van der Waals surface area (Å²) in [6.45, 7) is 2.05. The van der Waals surface area contributed by atoms with Crippen LogP contribution < -0.4 is 5.32 Å². The molecular weight excluding hydrogens is 379 g/mol. The van der Waals surface area contributed by atoms with Crippen molar-refractivity contribution in [2.24, 2.45) is 4.99 Å². The molecule has 2 aromatic carbocycles. The summed E-state index contributed by atoms with van der Waals surface area (Å²) in [6, 6.07) is 18.4. The average molecular weight is 392 g/mol. The molecule has 0 aromatic heterocycles. The Hall–Kier alpha value is -1.27. The number of thiocarbonyl (C=S) groups is 1. The van der Waals surface area contributed by atoms with E-state index in [0.29, 0.717) is 4.99 Å². The second kappa shape index (κ2) is 5.26. The molecular formula is C16H13IN2S. The lowest BCUT2D eigenvalue weighted by atomic mass is 10.0. The Labute approximate surface area is 137 Å². The van der Waals surface area contributed by atoms with Gasteiger partial charge < -0.3 is 5.32 Å². The second-order valence-electron chi connectivity index (χ2n) is 4.86. The van der Waals surface area contributed by atoms with Gasteiger partial charge in [-0.25, -0.2) is 4.99 Å². The molecule has 0 saturated carbocycles. The molecule has 1 heterocycles. The molecule has 1 N–H and O–H groups in total. The molecule has 1 aliphatic rings. The fourth-order valence-electron chi connectivity index (χ4n) is 2.29. The minimum absolute atomic E-state index is 0.480. The van der Waals surface area contributed by atoms with Crippen LogP contribution in [0, 0.1) is 3.57 Å². The number of hydrogen-bond acceptors (Lipinski definition) is 2. The molecule has 0 aliphatic carbocycles. The molecule has 0 radical (unpaired) electrons. The summed E-state index contributed by atoms with van der Waals surface area (Å²) in [5, 5.41) is 3.34. The van der Waals surface area contributed by atoms with Gasteiger partial charge in [0.15, 0.2) is 5.66 Å². The van der Waals surface area contributed by atoms with Crippen molar-refractivity contribution in [3.63, 3.8) is 0 Å². The second-order valence-corrected chi connectivity index (χ2v) is 6.51. The zero-order chi connectivity index (χ0) is 14.2. The standard InChI is InChI=1S/C16H13IN2S/c1-16(12-7-9-13(17)10-8-12)18-14(15(20)19-16)11-5-3-2-4-6-11/h2-10H,1H3,(H,19,20). The van der Waals surface area contributed by atoms with E-state index >= 15 is 0 Å². The predicted octanol–water partition coefficient (Wildman–Crippen LogP) is 3.88. The van der Waals surface area contributed by atoms with E-state index in [2.05, 4.69) is 59.1 Å². The lowest BCUT2D eigenvalue weighted by Crippen LogP contribution is -2.36. The SMILES string of the molecule is CC1(c2ccc(I)cc2)N=C(c2ccccc2)C(=S)N1. The molecule has 1 unspecified atom stereocenters. The first-order chi connectivity index (χ1) is 9.58. The van der Waals surface area contributed by atoms with E-state index < -0.39 is 5.66 Å². The number of hydrogen-bond donors (Lipinski definition) is 1. The zero-order valence-electron chi connectivity index (χ0n) is 10.9. The predicted molar refractivity (Wildman–Crippen MR) is 95.2 cm³/mol. The van der Waals surface area contributed by atoms with Gasteiger partial charge in [-0.05, 0) is 47.2 Å². The molecule has 4 heteroatoms. The third-order valence-corrected chi connectivity index (χ3v) is 4.38. The highest BCUT2D eigenvalue weighted by molar-refractivity contribution is 14.1. The topological polar surface area (TPSA) is 24.4 Å². The van der Waals surface area contributed by atoms with E-state index in [9.17, 15) is 0 Å². The number of nitrogens with zero attached hydrogens (tertiary/aromatic N) is 1. The van der Waals surface area contributed by atoms with Gasteiger partial charge in [0, 0.05) is 9.13 Å². The quantitative estimate of drug-likeness (QED) is 0.620. The van der Waals surface area contributed by atoms with Gasteiger partial charge in [-0.3, -0.25) is 0 Å². The third-order valence-electron chi connectivity index (χ3n) is 3.36. The van der Waals surface area contributed by atoms with Crippen LogP contribution in [0.3, 0.4) is 0 Å². The molecule has 0 bridgehead atoms. The monoisotopic (exact) mass is 392 g/mol. The van der Waals surface area contributed by atoms with Crippen molar-refractivity contribution >= 4 is 45.5 Å². The molecule has 2 nitrogen and oxygen atoms in total. The molecule has 3 rings (SSSR count). The molecule has 0 fully saturated rings. The van der Waals surface area contributed by atoms with Crippen LogP contribution in [0.4, 0.5) is 0 Å². The largest absolute Gasteiger partial charge is 0.347 e. The minimum atomic E-state index is -0.480. The van der Waals surface area contributed by atoms with Crippen LogP contribution in [0.1, 0.15) is 18.1 Å². The van der Waals surface area contributed by atoms with Gasteiger partial charge in [-0.1, -0.05) is 54.7 Å². The molecule has 100 valence electrons. The van der Waals surface area contributed by atoms with Gasteiger partial charge in [0.1, 0.15) is 10.7 Å². The van der Waals surface area contributed by atoms with Crippen LogP contribution in [0.2, 0.25) is 0 Å². The van der Waals surface area contributed by atoms with E-state index in [-0.39, 0.29) is 0 Å². The van der Waals surface area contributed by atoms with Crippen LogP contribution in [0.25, 0.3) is 0 Å². The summed E-state index contributed by atoms with van der Waals surface area (Å²) in [5.74, 6) is 0. The van der Waals surface area contributed by atoms with Crippen LogP contribution in [0.5, 0.6) is 0 Å². The van der Waals surface area contributed by atoms with Crippen molar-refractivity contribution in [2.75, 3.05) is 0 Å². The van der Waals surface area contributed by atoms with Crippen molar-refractivity contribution in [2.45, 2.75) is 12.6 Å². The highest BCUT2D eigenvalue weighted by Gasteiger charge is 2.34. The Bertz CT molecular complexity index is 679. The summed E-state index contributed by atoms with van der Waals surface area (Å²) in [5.41, 5.74) is 2.55. The van der Waals surface area contributed by atoms with Crippen molar-refractivity contribution < 1.29 is 0 Å². The number of nitrogens with one attached hydrogen (secondary N) is 1. The summed E-state index contributed by atoms with van der Waals surface area (Å²) in [7, 11) is 0. The zero-order valence-corrected chi connectivity index (χ0v) is 13.9. The van der Waals surface area contributed by atoms with E-state index in [0.717, 1.165) is 16.8 Å². The van der Waals surface area contributed by atoms with Gasteiger partial charge in [0.25, 0.3) is 0 Å². The van der Waals surface area contributed by atoms with Crippen molar-refractivity contribution in [1.29, 1.82) is 0 Å². The molecule has 20 heavy (non-hydrogen) atoms. The van der Waals surface area contributed by atoms with E-state index in [1.807, 2.05) is 30.3 Å². The van der Waals surface area contributed by atoms with Crippen molar-refractivity contribution in [3.8, 4) is 0 Å². The van der Waals surface area contributed by atoms with E-state index in [4.69, 9.17) is 17.2 Å². The Morgan fingerprint density at radius 2 is 1.70 bits per heavy atom. The maximum Gasteiger partial charge on any atom is 0.154 e. The summed E-state index contributed by atoms with van der Waals surface area (Å²) in [4.78, 5) is 5.54. The van der Waals surface area contributed by atoms with Crippen LogP contribution in [-0.2, 0) is 5.66 Å². The van der Waals surface area contributed by atoms with Crippen LogP contribution >= 0.6 is 34.8 Å². The van der Waals surface area contributed by atoms with Crippen molar-refractivity contribution in [3.05, 3.63) is 69.3 Å². The number of halogens is 1. The average Bonchev–Trinajstić information content (AvgIpc) is 2.77. The third kappa shape index (κ3) is 2.50. The van der Waals surface area contributed by atoms with Gasteiger partial charge in [-0.2, -0.15) is 0 Å². The molecule has 0 amide bonds. The van der Waals surface area contributed by atoms with Gasteiger partial charge in [0.05, 0.1) is 0 Å². The normalized spacial score (nSPS) is 21.5. The van der Waals surface area contributed by atoms with Gasteiger partial charge in [-0.15, -0.1) is 0 Å². The number of aliphatic imine (C=N–C) groups is 1. The summed E-state index contributed by atoms with van der Waals surface area (Å²) < 4.78 is 1.21. The molecule has 1 aliphatic heterocycles. The Morgan fingerprint density at radius 3 is 2.35 bits per heavy atom. The summed E-state index contributed by atoms with van der Waals surface area (Å²) in [6.07, 6.45) is 0. The van der Waals surface area contributed by atoms with E-state index in [1.54, 1.807) is 0 Å². The lowest BCUT2D eigenvalue weighted by molar-refractivity contribution is 0.480. The Kier molecular flexibility index (Phi) is 3.60. The van der Waals surface area contributed by atoms with E-state index in [1.165, 1.54) is 3.57 Å². The Balaban J connectivity index is 2.02. The number of benzene rings is 2. The first-order valence-electron chi connectivity index (χ1n) is 6.32. The van der Waals surface area contributed by atoms with Crippen LogP contribution in [0.15, 0.2) is 59.6 Å². The highest BCUT2D eigenvalue weighted by atomic mass is 127. The van der Waals surface area contributed by atoms with Gasteiger partial charge in [0.2, 0.25) is 0 Å². The first-order valence-corrected chi connectivity index (χ1v) is 7.81. The highest BCUT2D eigenvalue weighted by Crippen LogP contribution is 2.28. The molecule has 0 saturated heterocycles. The maximum atomic E-state index is 5.45. The van der Waals surface area contributed by atoms with Crippen LogP contribution in [-0.4, -0.2) is 10.7 Å². The molecule has 2 aromatic rings.